The van der Waals surface area contributed by atoms with Gasteiger partial charge in [0, 0.05) is 49.9 Å². The summed E-state index contributed by atoms with van der Waals surface area (Å²) < 4.78 is 56.0. The summed E-state index contributed by atoms with van der Waals surface area (Å²) >= 11 is 0. The van der Waals surface area contributed by atoms with Gasteiger partial charge in [-0.25, -0.2) is 17.2 Å². The quantitative estimate of drug-likeness (QED) is 0.380. The van der Waals surface area contributed by atoms with Crippen molar-refractivity contribution in [1.29, 1.82) is 0 Å². The summed E-state index contributed by atoms with van der Waals surface area (Å²) in [6, 6.07) is 13.2. The van der Waals surface area contributed by atoms with E-state index in [1.807, 2.05) is 11.8 Å². The molecule has 1 heterocycles. The number of para-hydroxylation sites is 1. The summed E-state index contributed by atoms with van der Waals surface area (Å²) in [6.07, 6.45) is 3.55. The highest BCUT2D eigenvalue weighted by Gasteiger charge is 2.24. The Morgan fingerprint density at radius 2 is 1.74 bits per heavy atom. The van der Waals surface area contributed by atoms with E-state index in [4.69, 9.17) is 0 Å². The monoisotopic (exact) mass is 552 g/mol. The number of benzene rings is 3. The lowest BCUT2D eigenvalue weighted by Gasteiger charge is -2.35. The van der Waals surface area contributed by atoms with Gasteiger partial charge in [0.25, 0.3) is 15.9 Å². The maximum absolute atomic E-state index is 13.5. The summed E-state index contributed by atoms with van der Waals surface area (Å²) in [5.41, 5.74) is 2.83. The number of rotatable bonds is 8. The summed E-state index contributed by atoms with van der Waals surface area (Å²) in [5, 5.41) is 0. The highest BCUT2D eigenvalue weighted by molar-refractivity contribution is 7.92. The molecule has 0 aromatic heterocycles. The van der Waals surface area contributed by atoms with Crippen molar-refractivity contribution in [3.63, 3.8) is 0 Å². The molecule has 1 amide bonds. The molecular weight excluding hydrogens is 522 g/mol. The van der Waals surface area contributed by atoms with E-state index in [1.165, 1.54) is 18.2 Å². The Hall–Kier alpha value is -3.89. The fourth-order valence-corrected chi connectivity index (χ4v) is 5.93. The molecule has 0 radical (unpaired) electrons. The van der Waals surface area contributed by atoms with Gasteiger partial charge in [0.15, 0.2) is 0 Å². The smallest absolute Gasteiger partial charge is 0.264 e. The molecule has 3 aromatic carbocycles. The van der Waals surface area contributed by atoms with Crippen molar-refractivity contribution in [3.8, 4) is 0 Å². The van der Waals surface area contributed by atoms with E-state index in [9.17, 15) is 22.0 Å². The molecule has 1 N–H and O–H groups in total. The third kappa shape index (κ3) is 6.58. The molecule has 0 bridgehead atoms. The zero-order valence-corrected chi connectivity index (χ0v) is 22.6. The number of nitrogens with zero attached hydrogens (tertiary/aromatic N) is 3. The number of carbonyl (C=O) groups is 1. The van der Waals surface area contributed by atoms with E-state index in [0.29, 0.717) is 60.7 Å². The van der Waals surface area contributed by atoms with E-state index in [-0.39, 0.29) is 16.5 Å². The van der Waals surface area contributed by atoms with Gasteiger partial charge < -0.3 is 4.90 Å². The van der Waals surface area contributed by atoms with Crippen LogP contribution in [0.25, 0.3) is 6.08 Å². The Balaban J connectivity index is 1.43. The van der Waals surface area contributed by atoms with Gasteiger partial charge >= 0.3 is 0 Å². The zero-order chi connectivity index (χ0) is 28.2. The Bertz CT molecular complexity index is 1510. The maximum atomic E-state index is 13.5. The molecule has 1 aliphatic rings. The number of hydrogen-bond acceptors (Lipinski definition) is 5. The van der Waals surface area contributed by atoms with Crippen LogP contribution in [0, 0.1) is 18.6 Å². The van der Waals surface area contributed by atoms with Crippen LogP contribution in [-0.4, -0.2) is 57.0 Å². The lowest BCUT2D eigenvalue weighted by atomic mass is 10.1. The van der Waals surface area contributed by atoms with E-state index in [0.717, 1.165) is 6.07 Å². The molecule has 0 saturated carbocycles. The Morgan fingerprint density at radius 1 is 1.05 bits per heavy atom. The molecule has 0 aliphatic carbocycles. The number of carbonyl (C=O) groups excluding carboxylic acids is 1. The van der Waals surface area contributed by atoms with Crippen molar-refractivity contribution < 1.29 is 22.0 Å². The first kappa shape index (κ1) is 28.1. The summed E-state index contributed by atoms with van der Waals surface area (Å²) in [7, 11) is -3.98. The number of aliphatic imine (C=N–C) groups is 1. The predicted octanol–water partition coefficient (Wildman–Crippen LogP) is 5.40. The van der Waals surface area contributed by atoms with Gasteiger partial charge in [-0.15, -0.1) is 0 Å². The lowest BCUT2D eigenvalue weighted by molar-refractivity contribution is 0.0628. The topological polar surface area (TPSA) is 82.1 Å². The summed E-state index contributed by atoms with van der Waals surface area (Å²) in [6.45, 7) is 9.53. The number of sulfonamides is 1. The zero-order valence-electron chi connectivity index (χ0n) is 21.8. The Kier molecular flexibility index (Phi) is 8.57. The molecule has 204 valence electrons. The third-order valence-corrected chi connectivity index (χ3v) is 7.93. The van der Waals surface area contributed by atoms with Crippen molar-refractivity contribution in [2.45, 2.75) is 25.3 Å². The first-order valence-corrected chi connectivity index (χ1v) is 13.9. The number of hydrogen-bond donors (Lipinski definition) is 1. The highest BCUT2D eigenvalue weighted by Crippen LogP contribution is 2.31. The molecule has 39 heavy (non-hydrogen) atoms. The fourth-order valence-electron chi connectivity index (χ4n) is 4.60. The molecule has 10 heteroatoms. The minimum atomic E-state index is -3.98. The van der Waals surface area contributed by atoms with E-state index in [1.54, 1.807) is 54.3 Å². The highest BCUT2D eigenvalue weighted by atomic mass is 32.2. The van der Waals surface area contributed by atoms with Gasteiger partial charge in [0.2, 0.25) is 0 Å². The number of anilines is 1. The van der Waals surface area contributed by atoms with Crippen LogP contribution >= 0.6 is 0 Å². The molecule has 0 unspecified atom stereocenters. The molecule has 1 fully saturated rings. The minimum Gasteiger partial charge on any atom is -0.336 e. The molecule has 7 nitrogen and oxygen atoms in total. The normalized spacial score (nSPS) is 14.5. The van der Waals surface area contributed by atoms with E-state index < -0.39 is 21.7 Å². The standard InChI is InChI=1S/C29H30F2N4O3S/c1-4-6-22-7-5-8-27(28(22)32-3)39(37,38)33-26-10-9-23(15-20(26)2)29(36)35-13-11-34(12-14-35)19-21-16-24(30)18-25(31)17-21/h4-10,15-18,33H,3,11-14,19H2,1-2H3/b6-4-. The number of allylic oxidation sites excluding steroid dienone is 1. The molecule has 3 aromatic rings. The molecular formula is C29H30F2N4O3S. The van der Waals surface area contributed by atoms with Gasteiger partial charge in [-0.05, 0) is 68.1 Å². The van der Waals surface area contributed by atoms with Crippen LogP contribution in [0.15, 0.2) is 70.6 Å². The van der Waals surface area contributed by atoms with Gasteiger partial charge in [-0.1, -0.05) is 24.3 Å². The minimum absolute atomic E-state index is 0.00602. The first-order chi connectivity index (χ1) is 18.6. The second-order valence-corrected chi connectivity index (χ2v) is 11.0. The maximum Gasteiger partial charge on any atom is 0.264 e. The van der Waals surface area contributed by atoms with Gasteiger partial charge in [0.1, 0.15) is 16.5 Å². The van der Waals surface area contributed by atoms with Gasteiger partial charge in [-0.2, -0.15) is 0 Å². The summed E-state index contributed by atoms with van der Waals surface area (Å²) in [4.78, 5) is 20.9. The van der Waals surface area contributed by atoms with Crippen molar-refractivity contribution >= 4 is 40.1 Å². The molecule has 4 rings (SSSR count). The first-order valence-electron chi connectivity index (χ1n) is 12.4. The average molecular weight is 553 g/mol. The second-order valence-electron chi connectivity index (χ2n) is 9.33. The van der Waals surface area contributed by atoms with Crippen molar-refractivity contribution in [2.75, 3.05) is 30.9 Å². The van der Waals surface area contributed by atoms with Crippen LogP contribution in [0.2, 0.25) is 0 Å². The van der Waals surface area contributed by atoms with Crippen LogP contribution in [0.5, 0.6) is 0 Å². The van der Waals surface area contributed by atoms with Crippen LogP contribution in [0.3, 0.4) is 0 Å². The number of aryl methyl sites for hydroxylation is 1. The van der Waals surface area contributed by atoms with Crippen LogP contribution in [0.1, 0.15) is 34.0 Å². The SMILES string of the molecule is C=Nc1c(/C=C\C)cccc1S(=O)(=O)Nc1ccc(C(=O)N2CCN(Cc3cc(F)cc(F)c3)CC2)cc1C. The van der Waals surface area contributed by atoms with Crippen LogP contribution < -0.4 is 4.72 Å². The number of piperazine rings is 1. The fraction of sp³-hybridized carbons (Fsp3) is 0.241. The number of halogens is 2. The van der Waals surface area contributed by atoms with Crippen LogP contribution in [-0.2, 0) is 16.6 Å². The number of amides is 1. The third-order valence-electron chi connectivity index (χ3n) is 6.53. The molecule has 1 aliphatic heterocycles. The lowest BCUT2D eigenvalue weighted by Crippen LogP contribution is -2.48. The van der Waals surface area contributed by atoms with Gasteiger partial charge in [-0.3, -0.25) is 19.4 Å². The number of nitrogens with one attached hydrogen (secondary N) is 1. The average Bonchev–Trinajstić information content (AvgIpc) is 2.89. The Morgan fingerprint density at radius 3 is 2.36 bits per heavy atom. The summed E-state index contributed by atoms with van der Waals surface area (Å²) in [5.74, 6) is -1.39. The largest absolute Gasteiger partial charge is 0.336 e. The second kappa shape index (κ2) is 11.9. The van der Waals surface area contributed by atoms with Gasteiger partial charge in [0.05, 0.1) is 11.4 Å². The molecule has 0 atom stereocenters. The predicted molar refractivity (Wildman–Crippen MR) is 150 cm³/mol. The van der Waals surface area contributed by atoms with E-state index >= 15 is 0 Å². The van der Waals surface area contributed by atoms with E-state index in [2.05, 4.69) is 16.4 Å². The Labute approximate surface area is 227 Å². The molecule has 0 spiro atoms. The van der Waals surface area contributed by atoms with Crippen molar-refractivity contribution in [3.05, 3.63) is 94.6 Å². The van der Waals surface area contributed by atoms with Crippen molar-refractivity contribution in [2.24, 2.45) is 4.99 Å². The van der Waals surface area contributed by atoms with Crippen molar-refractivity contribution in [1.82, 2.24) is 9.80 Å². The van der Waals surface area contributed by atoms with Crippen LogP contribution in [0.4, 0.5) is 20.2 Å². The molecule has 1 saturated heterocycles.